The fourth-order valence-corrected chi connectivity index (χ4v) is 5.54. The Bertz CT molecular complexity index is 1730. The van der Waals surface area contributed by atoms with Crippen LogP contribution in [0.5, 0.6) is 11.5 Å². The molecular weight excluding hydrogens is 570 g/mol. The molecule has 2 atom stereocenters. The molecule has 0 aliphatic carbocycles. The summed E-state index contributed by atoms with van der Waals surface area (Å²) in [6.07, 6.45) is 2.05. The molecule has 0 radical (unpaired) electrons. The zero-order valence-corrected chi connectivity index (χ0v) is 25.6. The lowest BCUT2D eigenvalue weighted by atomic mass is 10.0. The Kier molecular flexibility index (Phi) is 9.45. The van der Waals surface area contributed by atoms with Crippen molar-refractivity contribution in [3.8, 4) is 17.6 Å². The molecule has 232 valence electrons. The van der Waals surface area contributed by atoms with Gasteiger partial charge in [0.25, 0.3) is 11.8 Å². The van der Waals surface area contributed by atoms with Gasteiger partial charge in [-0.2, -0.15) is 5.26 Å². The second-order valence-electron chi connectivity index (χ2n) is 11.4. The zero-order valence-electron chi connectivity index (χ0n) is 25.6. The van der Waals surface area contributed by atoms with E-state index in [1.165, 1.54) is 9.80 Å². The van der Waals surface area contributed by atoms with Crippen molar-refractivity contribution in [2.45, 2.75) is 45.2 Å². The van der Waals surface area contributed by atoms with E-state index < -0.39 is 18.1 Å². The van der Waals surface area contributed by atoms with Crippen LogP contribution in [0.25, 0.3) is 11.0 Å². The highest BCUT2D eigenvalue weighted by atomic mass is 16.5. The summed E-state index contributed by atoms with van der Waals surface area (Å²) in [4.78, 5) is 47.7. The van der Waals surface area contributed by atoms with Crippen LogP contribution in [0.2, 0.25) is 0 Å². The molecule has 11 heteroatoms. The van der Waals surface area contributed by atoms with Gasteiger partial charge in [0.05, 0.1) is 17.1 Å². The number of nitriles is 1. The molecule has 0 bridgehead atoms. The number of imidazole rings is 1. The highest BCUT2D eigenvalue weighted by molar-refractivity contribution is 6.12. The van der Waals surface area contributed by atoms with Crippen molar-refractivity contribution in [1.29, 1.82) is 5.26 Å². The number of aromatic nitrogens is 2. The van der Waals surface area contributed by atoms with E-state index in [-0.39, 0.29) is 24.3 Å². The van der Waals surface area contributed by atoms with Crippen LogP contribution in [0.3, 0.4) is 0 Å². The number of imide groups is 1. The average molecular weight is 608 g/mol. The van der Waals surface area contributed by atoms with Crippen molar-refractivity contribution in [2.24, 2.45) is 18.7 Å². The quantitative estimate of drug-likeness (QED) is 0.164. The summed E-state index contributed by atoms with van der Waals surface area (Å²) in [5.74, 6) is 1.01. The van der Waals surface area contributed by atoms with Gasteiger partial charge in [0, 0.05) is 18.3 Å². The van der Waals surface area contributed by atoms with Crippen molar-refractivity contribution in [1.82, 2.24) is 19.8 Å². The first-order chi connectivity index (χ1) is 21.7. The molecule has 1 aliphatic heterocycles. The van der Waals surface area contributed by atoms with Crippen LogP contribution in [0.1, 0.15) is 55.3 Å². The second-order valence-corrected chi connectivity index (χ2v) is 11.4. The van der Waals surface area contributed by atoms with E-state index >= 15 is 0 Å². The molecular formula is C34H37N7O4. The van der Waals surface area contributed by atoms with Gasteiger partial charge in [0.15, 0.2) is 0 Å². The number of anilines is 1. The number of nitrogens with one attached hydrogen (secondary N) is 1. The maximum absolute atomic E-state index is 13.8. The Hall–Kier alpha value is -5.21. The van der Waals surface area contributed by atoms with E-state index in [9.17, 15) is 19.6 Å². The molecule has 4 amide bonds. The molecule has 1 fully saturated rings. The number of carbonyl (C=O) groups is 3. The normalized spacial score (nSPS) is 14.6. The molecule has 1 aromatic heterocycles. The second kappa shape index (κ2) is 13.6. The standard InChI is InChI=1S/C34H37N7O4/c1-22(2)31(32-38-28-17-12-23(19-29(28)39(32)3)33(43)37-24(20-36)9-7-8-18-35)41-30(42)21-40(34(41)44)25-13-15-27(16-14-25)45-26-10-5-4-6-11-26/h4-6,10-17,19,22,24,31H,7-9,18,21,35H2,1-3H3,(H,37,43)/t24-,31-/m0/s1. The summed E-state index contributed by atoms with van der Waals surface area (Å²) < 4.78 is 7.68. The molecule has 0 spiro atoms. The van der Waals surface area contributed by atoms with Crippen molar-refractivity contribution in [2.75, 3.05) is 18.0 Å². The summed E-state index contributed by atoms with van der Waals surface area (Å²) in [5, 5.41) is 12.3. The number of urea groups is 1. The number of rotatable bonds is 12. The van der Waals surface area contributed by atoms with Crippen LogP contribution in [0.15, 0.2) is 72.8 Å². The van der Waals surface area contributed by atoms with Gasteiger partial charge in [-0.05, 0) is 86.3 Å². The lowest BCUT2D eigenvalue weighted by Gasteiger charge is -2.29. The third-order valence-electron chi connectivity index (χ3n) is 7.89. The largest absolute Gasteiger partial charge is 0.457 e. The number of hydrogen-bond acceptors (Lipinski definition) is 7. The van der Waals surface area contributed by atoms with Crippen molar-refractivity contribution in [3.63, 3.8) is 0 Å². The molecule has 45 heavy (non-hydrogen) atoms. The van der Waals surface area contributed by atoms with Gasteiger partial charge in [-0.15, -0.1) is 0 Å². The van der Waals surface area contributed by atoms with E-state index in [2.05, 4.69) is 11.4 Å². The van der Waals surface area contributed by atoms with Crippen LogP contribution in [-0.2, 0) is 11.8 Å². The number of unbranched alkanes of at least 4 members (excludes halogenated alkanes) is 1. The summed E-state index contributed by atoms with van der Waals surface area (Å²) in [7, 11) is 1.81. The van der Waals surface area contributed by atoms with Crippen LogP contribution in [-0.4, -0.2) is 51.4 Å². The molecule has 2 heterocycles. The first-order valence-electron chi connectivity index (χ1n) is 15.0. The van der Waals surface area contributed by atoms with Gasteiger partial charge in [0.2, 0.25) is 0 Å². The van der Waals surface area contributed by atoms with Crippen LogP contribution in [0.4, 0.5) is 10.5 Å². The predicted molar refractivity (Wildman–Crippen MR) is 171 cm³/mol. The van der Waals surface area contributed by atoms with Crippen LogP contribution in [0, 0.1) is 17.2 Å². The summed E-state index contributed by atoms with van der Waals surface area (Å²) in [5.41, 5.74) is 7.81. The Morgan fingerprint density at radius 2 is 1.76 bits per heavy atom. The number of ether oxygens (including phenoxy) is 1. The lowest BCUT2D eigenvalue weighted by Crippen LogP contribution is -2.39. The van der Waals surface area contributed by atoms with Gasteiger partial charge in [-0.3, -0.25) is 19.4 Å². The van der Waals surface area contributed by atoms with Crippen molar-refractivity contribution >= 4 is 34.6 Å². The summed E-state index contributed by atoms with van der Waals surface area (Å²) in [6, 6.07) is 22.0. The van der Waals surface area contributed by atoms with Crippen molar-refractivity contribution in [3.05, 3.63) is 84.2 Å². The fraction of sp³-hybridized carbons (Fsp3) is 0.324. The fourth-order valence-electron chi connectivity index (χ4n) is 5.54. The third kappa shape index (κ3) is 6.66. The molecule has 11 nitrogen and oxygen atoms in total. The monoisotopic (exact) mass is 607 g/mol. The number of aryl methyl sites for hydroxylation is 1. The number of hydrogen-bond donors (Lipinski definition) is 2. The minimum Gasteiger partial charge on any atom is -0.457 e. The lowest BCUT2D eigenvalue weighted by molar-refractivity contribution is -0.127. The van der Waals surface area contributed by atoms with Gasteiger partial charge >= 0.3 is 6.03 Å². The highest BCUT2D eigenvalue weighted by Gasteiger charge is 2.44. The van der Waals surface area contributed by atoms with E-state index in [0.717, 1.165) is 12.8 Å². The molecule has 3 aromatic carbocycles. The van der Waals surface area contributed by atoms with Gasteiger partial charge in [-0.1, -0.05) is 32.0 Å². The van der Waals surface area contributed by atoms with E-state index in [0.29, 0.717) is 52.6 Å². The topological polar surface area (TPSA) is 147 Å². The zero-order chi connectivity index (χ0) is 32.1. The Morgan fingerprint density at radius 3 is 2.42 bits per heavy atom. The summed E-state index contributed by atoms with van der Waals surface area (Å²) in [6.45, 7) is 4.32. The third-order valence-corrected chi connectivity index (χ3v) is 7.89. The molecule has 3 N–H and O–H groups in total. The number of nitrogens with zero attached hydrogens (tertiary/aromatic N) is 5. The molecule has 0 unspecified atom stereocenters. The SMILES string of the molecule is CC(C)[C@@H](c1nc2ccc(C(=O)N[C@H](C#N)CCCCN)cc2n1C)N1C(=O)CN(c2ccc(Oc3ccccc3)cc2)C1=O. The molecule has 4 aromatic rings. The minimum atomic E-state index is -0.643. The van der Waals surface area contributed by atoms with E-state index in [1.54, 1.807) is 49.5 Å². The van der Waals surface area contributed by atoms with Crippen LogP contribution >= 0.6 is 0 Å². The molecule has 1 aliphatic rings. The highest BCUT2D eigenvalue weighted by Crippen LogP contribution is 2.35. The number of carbonyl (C=O) groups excluding carboxylic acids is 3. The minimum absolute atomic E-state index is 0.0967. The maximum atomic E-state index is 13.8. The number of nitrogens with two attached hydrogens (primary N) is 1. The van der Waals surface area contributed by atoms with Gasteiger partial charge < -0.3 is 20.4 Å². The van der Waals surface area contributed by atoms with E-state index in [1.807, 2.05) is 48.7 Å². The van der Waals surface area contributed by atoms with Crippen LogP contribution < -0.4 is 20.7 Å². The number of benzene rings is 3. The molecule has 1 saturated heterocycles. The predicted octanol–water partition coefficient (Wildman–Crippen LogP) is 5.28. The van der Waals surface area contributed by atoms with E-state index in [4.69, 9.17) is 15.5 Å². The Morgan fingerprint density at radius 1 is 1.04 bits per heavy atom. The smallest absolute Gasteiger partial charge is 0.332 e. The van der Waals surface area contributed by atoms with Crippen molar-refractivity contribution < 1.29 is 19.1 Å². The Balaban J connectivity index is 1.36. The number of para-hydroxylation sites is 1. The molecule has 0 saturated carbocycles. The number of fused-ring (bicyclic) bond motifs is 1. The maximum Gasteiger partial charge on any atom is 0.332 e. The first kappa shape index (κ1) is 31.2. The number of amides is 4. The molecule has 5 rings (SSSR count). The summed E-state index contributed by atoms with van der Waals surface area (Å²) >= 11 is 0. The Labute approximate surface area is 262 Å². The van der Waals surface area contributed by atoms with Gasteiger partial charge in [-0.25, -0.2) is 9.78 Å². The van der Waals surface area contributed by atoms with Gasteiger partial charge in [0.1, 0.15) is 36.0 Å². The first-order valence-corrected chi connectivity index (χ1v) is 15.0. The average Bonchev–Trinajstić information content (AvgIpc) is 3.52.